The van der Waals surface area contributed by atoms with Gasteiger partial charge in [0, 0.05) is 12.4 Å². The number of nitrogens with one attached hydrogen (secondary N) is 2. The second kappa shape index (κ2) is 5.39. The van der Waals surface area contributed by atoms with E-state index in [1.54, 1.807) is 6.20 Å². The standard InChI is InChI=1S/C14H15N5/c1-2-4-12(5-3-1)10-19-11-14(9-17-19)15-8-13-6-7-16-18-13/h1-7,9,11,15H,8,10H2,(H,16,18). The Morgan fingerprint density at radius 3 is 2.84 bits per heavy atom. The van der Waals surface area contributed by atoms with E-state index in [4.69, 9.17) is 0 Å². The van der Waals surface area contributed by atoms with E-state index in [0.717, 1.165) is 24.5 Å². The molecule has 0 aliphatic heterocycles. The van der Waals surface area contributed by atoms with Crippen molar-refractivity contribution in [2.75, 3.05) is 5.32 Å². The van der Waals surface area contributed by atoms with Crippen molar-refractivity contribution < 1.29 is 0 Å². The molecule has 3 aromatic rings. The van der Waals surface area contributed by atoms with Crippen LogP contribution in [0.3, 0.4) is 0 Å². The van der Waals surface area contributed by atoms with E-state index in [0.29, 0.717) is 0 Å². The molecule has 1 aromatic carbocycles. The van der Waals surface area contributed by atoms with Crippen LogP contribution in [0.2, 0.25) is 0 Å². The second-order valence-corrected chi connectivity index (χ2v) is 4.35. The predicted octanol–water partition coefficient (Wildman–Crippen LogP) is 2.27. The molecule has 2 N–H and O–H groups in total. The summed E-state index contributed by atoms with van der Waals surface area (Å²) in [5, 5.41) is 14.5. The lowest BCUT2D eigenvalue weighted by Crippen LogP contribution is -2.00. The van der Waals surface area contributed by atoms with Crippen LogP contribution in [-0.4, -0.2) is 20.0 Å². The van der Waals surface area contributed by atoms with Crippen molar-refractivity contribution in [2.24, 2.45) is 0 Å². The van der Waals surface area contributed by atoms with Crippen molar-refractivity contribution in [3.8, 4) is 0 Å². The van der Waals surface area contributed by atoms with E-state index in [1.165, 1.54) is 5.56 Å². The minimum atomic E-state index is 0.719. The van der Waals surface area contributed by atoms with Gasteiger partial charge in [-0.3, -0.25) is 9.78 Å². The highest BCUT2D eigenvalue weighted by Crippen LogP contribution is 2.09. The summed E-state index contributed by atoms with van der Waals surface area (Å²) in [6, 6.07) is 12.2. The molecule has 2 heterocycles. The topological polar surface area (TPSA) is 58.5 Å². The average Bonchev–Trinajstić information content (AvgIpc) is 3.09. The first-order valence-electron chi connectivity index (χ1n) is 6.19. The number of benzene rings is 1. The maximum Gasteiger partial charge on any atom is 0.0729 e. The van der Waals surface area contributed by atoms with Gasteiger partial charge in [-0.15, -0.1) is 0 Å². The third-order valence-electron chi connectivity index (χ3n) is 2.86. The third-order valence-corrected chi connectivity index (χ3v) is 2.86. The minimum absolute atomic E-state index is 0.719. The van der Waals surface area contributed by atoms with Gasteiger partial charge in [0.25, 0.3) is 0 Å². The molecule has 0 fully saturated rings. The molecule has 2 aromatic heterocycles. The molecule has 5 nitrogen and oxygen atoms in total. The number of aromatic amines is 1. The molecule has 0 spiro atoms. The smallest absolute Gasteiger partial charge is 0.0729 e. The molecule has 0 saturated heterocycles. The van der Waals surface area contributed by atoms with E-state index >= 15 is 0 Å². The maximum absolute atomic E-state index is 4.34. The number of anilines is 1. The fraction of sp³-hybridized carbons (Fsp3) is 0.143. The van der Waals surface area contributed by atoms with E-state index < -0.39 is 0 Å². The second-order valence-electron chi connectivity index (χ2n) is 4.35. The maximum atomic E-state index is 4.34. The van der Waals surface area contributed by atoms with E-state index in [9.17, 15) is 0 Å². The van der Waals surface area contributed by atoms with Gasteiger partial charge in [-0.25, -0.2) is 0 Å². The van der Waals surface area contributed by atoms with Crippen molar-refractivity contribution in [1.82, 2.24) is 20.0 Å². The lowest BCUT2D eigenvalue weighted by molar-refractivity contribution is 0.687. The highest BCUT2D eigenvalue weighted by molar-refractivity contribution is 5.38. The summed E-state index contributed by atoms with van der Waals surface area (Å²) in [7, 11) is 0. The van der Waals surface area contributed by atoms with Crippen LogP contribution < -0.4 is 5.32 Å². The van der Waals surface area contributed by atoms with Crippen molar-refractivity contribution in [1.29, 1.82) is 0 Å². The van der Waals surface area contributed by atoms with Gasteiger partial charge in [-0.05, 0) is 11.6 Å². The highest BCUT2D eigenvalue weighted by Gasteiger charge is 2.00. The zero-order valence-corrected chi connectivity index (χ0v) is 10.5. The normalized spacial score (nSPS) is 10.5. The molecule has 96 valence electrons. The Balaban J connectivity index is 1.60. The van der Waals surface area contributed by atoms with Crippen molar-refractivity contribution in [3.05, 3.63) is 66.2 Å². The summed E-state index contributed by atoms with van der Waals surface area (Å²) >= 11 is 0. The highest BCUT2D eigenvalue weighted by atomic mass is 15.3. The van der Waals surface area contributed by atoms with Crippen LogP contribution in [0.15, 0.2) is 55.0 Å². The van der Waals surface area contributed by atoms with Gasteiger partial charge in [-0.1, -0.05) is 30.3 Å². The number of H-pyrrole nitrogens is 1. The summed E-state index contributed by atoms with van der Waals surface area (Å²) in [5.41, 5.74) is 3.30. The zero-order valence-electron chi connectivity index (χ0n) is 10.5. The van der Waals surface area contributed by atoms with Gasteiger partial charge < -0.3 is 5.32 Å². The van der Waals surface area contributed by atoms with Crippen molar-refractivity contribution in [2.45, 2.75) is 13.1 Å². The summed E-state index contributed by atoms with van der Waals surface area (Å²) in [5.74, 6) is 0. The number of aromatic nitrogens is 4. The Bertz CT molecular complexity index is 612. The van der Waals surface area contributed by atoms with Gasteiger partial charge in [-0.2, -0.15) is 10.2 Å². The van der Waals surface area contributed by atoms with Gasteiger partial charge in [0.1, 0.15) is 0 Å². The van der Waals surface area contributed by atoms with Gasteiger partial charge in [0.05, 0.1) is 30.7 Å². The molecule has 19 heavy (non-hydrogen) atoms. The summed E-state index contributed by atoms with van der Waals surface area (Å²) < 4.78 is 1.92. The Hall–Kier alpha value is -2.56. The number of hydrogen-bond acceptors (Lipinski definition) is 3. The first-order valence-corrected chi connectivity index (χ1v) is 6.19. The summed E-state index contributed by atoms with van der Waals surface area (Å²) in [6.07, 6.45) is 5.58. The Kier molecular flexibility index (Phi) is 3.27. The van der Waals surface area contributed by atoms with E-state index in [-0.39, 0.29) is 0 Å². The van der Waals surface area contributed by atoms with Gasteiger partial charge >= 0.3 is 0 Å². The number of rotatable bonds is 5. The summed E-state index contributed by atoms with van der Waals surface area (Å²) in [6.45, 7) is 1.50. The van der Waals surface area contributed by atoms with Crippen molar-refractivity contribution in [3.63, 3.8) is 0 Å². The quantitative estimate of drug-likeness (QED) is 0.733. The monoisotopic (exact) mass is 253 g/mol. The molecule has 0 aliphatic rings. The van der Waals surface area contributed by atoms with Gasteiger partial charge in [0.15, 0.2) is 0 Å². The third kappa shape index (κ3) is 3.01. The molecule has 0 amide bonds. The molecular formula is C14H15N5. The average molecular weight is 253 g/mol. The number of nitrogens with zero attached hydrogens (tertiary/aromatic N) is 3. The SMILES string of the molecule is c1ccc(Cn2cc(NCc3ccn[nH]3)cn2)cc1. The molecule has 0 aliphatic carbocycles. The fourth-order valence-electron chi connectivity index (χ4n) is 1.89. The zero-order chi connectivity index (χ0) is 12.9. The predicted molar refractivity (Wildman–Crippen MR) is 73.7 cm³/mol. The van der Waals surface area contributed by atoms with Crippen LogP contribution in [-0.2, 0) is 13.1 Å². The Morgan fingerprint density at radius 2 is 2.05 bits per heavy atom. The molecule has 0 radical (unpaired) electrons. The lowest BCUT2D eigenvalue weighted by Gasteiger charge is -2.02. The molecular weight excluding hydrogens is 238 g/mol. The van der Waals surface area contributed by atoms with Crippen LogP contribution in [0.4, 0.5) is 5.69 Å². The number of hydrogen-bond donors (Lipinski definition) is 2. The van der Waals surface area contributed by atoms with E-state index in [1.807, 2.05) is 41.3 Å². The largest absolute Gasteiger partial charge is 0.377 e. The van der Waals surface area contributed by atoms with Crippen LogP contribution in [0.5, 0.6) is 0 Å². The molecule has 0 saturated carbocycles. The molecule has 0 unspecified atom stereocenters. The Labute approximate surface area is 111 Å². The first kappa shape index (κ1) is 11.5. The van der Waals surface area contributed by atoms with Crippen LogP contribution in [0.1, 0.15) is 11.3 Å². The Morgan fingerprint density at radius 1 is 1.16 bits per heavy atom. The van der Waals surface area contributed by atoms with Crippen LogP contribution in [0.25, 0.3) is 0 Å². The first-order chi connectivity index (χ1) is 9.40. The van der Waals surface area contributed by atoms with Crippen LogP contribution in [0, 0.1) is 0 Å². The van der Waals surface area contributed by atoms with Crippen LogP contribution >= 0.6 is 0 Å². The van der Waals surface area contributed by atoms with Crippen molar-refractivity contribution >= 4 is 5.69 Å². The van der Waals surface area contributed by atoms with E-state index in [2.05, 4.69) is 32.7 Å². The minimum Gasteiger partial charge on any atom is -0.377 e. The summed E-state index contributed by atoms with van der Waals surface area (Å²) in [4.78, 5) is 0. The van der Waals surface area contributed by atoms with Gasteiger partial charge in [0.2, 0.25) is 0 Å². The molecule has 0 bridgehead atoms. The molecule has 3 rings (SSSR count). The molecule has 5 heteroatoms. The lowest BCUT2D eigenvalue weighted by atomic mass is 10.2. The fourth-order valence-corrected chi connectivity index (χ4v) is 1.89. The molecule has 0 atom stereocenters.